The maximum Gasteiger partial charge on any atom is 0.231 e. The van der Waals surface area contributed by atoms with Crippen molar-refractivity contribution in [3.63, 3.8) is 0 Å². The summed E-state index contributed by atoms with van der Waals surface area (Å²) in [4.78, 5) is 18.9. The van der Waals surface area contributed by atoms with Gasteiger partial charge in [0.05, 0.1) is 19.6 Å². The molecule has 40 heavy (non-hydrogen) atoms. The number of nitrogens with zero attached hydrogens (tertiary/aromatic N) is 8. The van der Waals surface area contributed by atoms with Crippen molar-refractivity contribution < 1.29 is 14.6 Å². The van der Waals surface area contributed by atoms with Gasteiger partial charge in [0.25, 0.3) is 0 Å². The Morgan fingerprint density at radius 1 is 0.875 bits per heavy atom. The number of ether oxygens (including phenoxy) is 2. The van der Waals surface area contributed by atoms with E-state index in [2.05, 4.69) is 20.4 Å². The van der Waals surface area contributed by atoms with Gasteiger partial charge in [0.2, 0.25) is 11.9 Å². The molecule has 0 amide bonds. The van der Waals surface area contributed by atoms with Crippen LogP contribution in [0.5, 0.6) is 11.5 Å². The molecule has 6 rings (SSSR count). The number of anilines is 3. The van der Waals surface area contributed by atoms with E-state index in [-0.39, 0.29) is 12.6 Å². The van der Waals surface area contributed by atoms with Crippen LogP contribution in [-0.2, 0) is 12.8 Å². The average molecular weight is 563 g/mol. The van der Waals surface area contributed by atoms with Gasteiger partial charge in [-0.1, -0.05) is 6.07 Å². The Morgan fingerprint density at radius 2 is 1.57 bits per heavy atom. The van der Waals surface area contributed by atoms with Crippen LogP contribution in [0.15, 0.2) is 30.3 Å². The third kappa shape index (κ3) is 4.42. The first-order valence-electron chi connectivity index (χ1n) is 12.7. The number of aliphatic hydroxyl groups excluding tert-OH is 1. The Morgan fingerprint density at radius 3 is 2.30 bits per heavy atom. The molecule has 4 aromatic heterocycles. The molecular weight excluding hydrogens is 536 g/mol. The van der Waals surface area contributed by atoms with Crippen LogP contribution >= 0.6 is 11.6 Å². The molecule has 0 saturated heterocycles. The Bertz CT molecular complexity index is 1870. The van der Waals surface area contributed by atoms with E-state index in [1.165, 1.54) is 4.52 Å². The molecule has 6 aromatic rings. The number of aromatic nitrogens is 8. The first kappa shape index (κ1) is 25.8. The van der Waals surface area contributed by atoms with Crippen molar-refractivity contribution >= 4 is 62.3 Å². The maximum atomic E-state index is 9.24. The van der Waals surface area contributed by atoms with Crippen LogP contribution in [-0.4, -0.2) is 71.0 Å². The van der Waals surface area contributed by atoms with Crippen LogP contribution in [0, 0.1) is 0 Å². The molecule has 0 unspecified atom stereocenters. The monoisotopic (exact) mass is 562 g/mol. The summed E-state index contributed by atoms with van der Waals surface area (Å²) in [5.74, 6) is 3.46. The Balaban J connectivity index is 1.53. The van der Waals surface area contributed by atoms with Gasteiger partial charge in [-0.25, -0.2) is 19.9 Å². The molecule has 0 aliphatic heterocycles. The molecule has 0 aliphatic rings. The fraction of sp³-hybridized carbons (Fsp3) is 0.308. The predicted molar refractivity (Wildman–Crippen MR) is 152 cm³/mol. The van der Waals surface area contributed by atoms with Gasteiger partial charge in [-0.3, -0.25) is 0 Å². The number of nitrogen functional groups attached to an aromatic ring is 1. The highest BCUT2D eigenvalue weighted by molar-refractivity contribution is 6.17. The van der Waals surface area contributed by atoms with Gasteiger partial charge >= 0.3 is 0 Å². The minimum absolute atomic E-state index is 0.0415. The van der Waals surface area contributed by atoms with E-state index in [0.29, 0.717) is 87.6 Å². The van der Waals surface area contributed by atoms with Gasteiger partial charge in [-0.2, -0.15) is 9.03 Å². The lowest BCUT2D eigenvalue weighted by Crippen LogP contribution is -2.06. The SMILES string of the molecule is COc1cc(Nc2nc3c(OC)cccc3c3nc(CCCCl)nn23)cc2c1nc(N)n1nc(CCCO)nc21. The molecule has 0 aliphatic carbocycles. The van der Waals surface area contributed by atoms with Crippen molar-refractivity contribution in [3.8, 4) is 11.5 Å². The molecule has 0 fully saturated rings. The third-order valence-corrected chi connectivity index (χ3v) is 6.78. The highest BCUT2D eigenvalue weighted by atomic mass is 35.5. The van der Waals surface area contributed by atoms with Gasteiger partial charge in [0.15, 0.2) is 22.9 Å². The summed E-state index contributed by atoms with van der Waals surface area (Å²) in [7, 11) is 3.17. The number of aryl methyl sites for hydroxylation is 2. The smallest absolute Gasteiger partial charge is 0.231 e. The second-order valence-corrected chi connectivity index (χ2v) is 9.49. The molecule has 0 spiro atoms. The molecule has 0 bridgehead atoms. The number of rotatable bonds is 10. The number of aliphatic hydroxyl groups is 1. The van der Waals surface area contributed by atoms with E-state index in [1.807, 2.05) is 24.3 Å². The second kappa shape index (κ2) is 10.6. The summed E-state index contributed by atoms with van der Waals surface area (Å²) in [5, 5.41) is 23.3. The van der Waals surface area contributed by atoms with E-state index >= 15 is 0 Å². The fourth-order valence-corrected chi connectivity index (χ4v) is 4.80. The minimum atomic E-state index is 0.0415. The summed E-state index contributed by atoms with van der Waals surface area (Å²) < 4.78 is 14.5. The molecule has 2 aromatic carbocycles. The summed E-state index contributed by atoms with van der Waals surface area (Å²) >= 11 is 5.93. The number of halogens is 1. The summed E-state index contributed by atoms with van der Waals surface area (Å²) in [6.07, 6.45) is 2.43. The molecule has 14 heteroatoms. The zero-order valence-electron chi connectivity index (χ0n) is 21.9. The zero-order valence-corrected chi connectivity index (χ0v) is 22.7. The van der Waals surface area contributed by atoms with E-state index in [1.54, 1.807) is 24.8 Å². The van der Waals surface area contributed by atoms with Crippen molar-refractivity contribution in [2.75, 3.05) is 37.8 Å². The van der Waals surface area contributed by atoms with Gasteiger partial charge in [0.1, 0.15) is 22.5 Å². The minimum Gasteiger partial charge on any atom is -0.494 e. The number of nitrogens with one attached hydrogen (secondary N) is 1. The topological polar surface area (TPSA) is 163 Å². The quantitative estimate of drug-likeness (QED) is 0.210. The molecule has 0 saturated carbocycles. The number of hydrogen-bond acceptors (Lipinski definition) is 11. The Labute approximate surface area is 232 Å². The third-order valence-electron chi connectivity index (χ3n) is 6.51. The molecule has 0 atom stereocenters. The van der Waals surface area contributed by atoms with Crippen molar-refractivity contribution in [1.82, 2.24) is 39.2 Å². The lowest BCUT2D eigenvalue weighted by Gasteiger charge is -2.13. The van der Waals surface area contributed by atoms with Crippen LogP contribution in [0.1, 0.15) is 24.5 Å². The van der Waals surface area contributed by atoms with E-state index in [9.17, 15) is 5.11 Å². The average Bonchev–Trinajstić information content (AvgIpc) is 3.60. The summed E-state index contributed by atoms with van der Waals surface area (Å²) in [5.41, 5.74) is 9.22. The van der Waals surface area contributed by atoms with E-state index in [0.717, 1.165) is 11.8 Å². The van der Waals surface area contributed by atoms with Gasteiger partial charge in [-0.15, -0.1) is 21.8 Å². The number of benzene rings is 2. The van der Waals surface area contributed by atoms with Crippen LogP contribution in [0.25, 0.3) is 33.1 Å². The molecule has 4 N–H and O–H groups in total. The number of fused-ring (bicyclic) bond motifs is 6. The Hall–Kier alpha value is -4.49. The van der Waals surface area contributed by atoms with Crippen molar-refractivity contribution in [2.24, 2.45) is 0 Å². The first-order valence-corrected chi connectivity index (χ1v) is 13.3. The lowest BCUT2D eigenvalue weighted by molar-refractivity contribution is 0.287. The fourth-order valence-electron chi connectivity index (χ4n) is 4.67. The van der Waals surface area contributed by atoms with Crippen LogP contribution < -0.4 is 20.5 Å². The molecule has 206 valence electrons. The maximum absolute atomic E-state index is 9.24. The van der Waals surface area contributed by atoms with Crippen molar-refractivity contribution in [3.05, 3.63) is 42.0 Å². The van der Waals surface area contributed by atoms with E-state index < -0.39 is 0 Å². The highest BCUT2D eigenvalue weighted by Gasteiger charge is 2.19. The lowest BCUT2D eigenvalue weighted by atomic mass is 10.2. The molecule has 0 radical (unpaired) electrons. The number of methoxy groups -OCH3 is 2. The number of alkyl halides is 1. The zero-order chi connectivity index (χ0) is 27.8. The van der Waals surface area contributed by atoms with Crippen LogP contribution in [0.2, 0.25) is 0 Å². The van der Waals surface area contributed by atoms with Crippen molar-refractivity contribution in [2.45, 2.75) is 25.7 Å². The van der Waals surface area contributed by atoms with Gasteiger partial charge in [-0.05, 0) is 31.0 Å². The number of hydrogen-bond donors (Lipinski definition) is 3. The van der Waals surface area contributed by atoms with Gasteiger partial charge in [0, 0.05) is 42.5 Å². The number of nitrogens with two attached hydrogens (primary N) is 1. The predicted octanol–water partition coefficient (Wildman–Crippen LogP) is 3.31. The van der Waals surface area contributed by atoms with Crippen molar-refractivity contribution in [1.29, 1.82) is 0 Å². The van der Waals surface area contributed by atoms with Crippen LogP contribution in [0.3, 0.4) is 0 Å². The first-order chi connectivity index (χ1) is 19.5. The largest absolute Gasteiger partial charge is 0.494 e. The van der Waals surface area contributed by atoms with Crippen LogP contribution in [0.4, 0.5) is 17.6 Å². The summed E-state index contributed by atoms with van der Waals surface area (Å²) in [6, 6.07) is 9.38. The number of para-hydroxylation sites is 1. The highest BCUT2D eigenvalue weighted by Crippen LogP contribution is 2.34. The molecule has 13 nitrogen and oxygen atoms in total. The Kier molecular flexibility index (Phi) is 6.82. The molecule has 4 heterocycles. The van der Waals surface area contributed by atoms with Gasteiger partial charge < -0.3 is 25.6 Å². The molecular formula is C26H27ClN10O3. The normalized spacial score (nSPS) is 11.7. The second-order valence-electron chi connectivity index (χ2n) is 9.11. The van der Waals surface area contributed by atoms with E-state index in [4.69, 9.17) is 41.9 Å². The summed E-state index contributed by atoms with van der Waals surface area (Å²) in [6.45, 7) is 0.0415. The standard InChI is InChI=1S/C26H27ClN10O3/c1-39-17-7-3-6-15-21(17)33-26(37-23(15)30-19(35-37)8-4-10-27)29-14-12-16-22(18(13-14)40-2)32-25(28)36-24(16)31-20(34-36)9-5-11-38/h3,6-7,12-13,38H,4-5,8-11H2,1-2H3,(H2,28,32)(H,29,33).